The van der Waals surface area contributed by atoms with E-state index in [0.29, 0.717) is 0 Å². The molecule has 4 aromatic rings. The van der Waals surface area contributed by atoms with Crippen molar-refractivity contribution < 1.29 is 9.47 Å². The number of hydrogen-bond acceptors (Lipinski definition) is 3. The topological polar surface area (TPSA) is 36.3 Å². The van der Waals surface area contributed by atoms with Crippen molar-refractivity contribution in [1.29, 1.82) is 0 Å². The Morgan fingerprint density at radius 1 is 0.846 bits per heavy atom. The molecule has 1 aromatic heterocycles. The highest BCUT2D eigenvalue weighted by Crippen LogP contribution is 2.32. The third-order valence-corrected chi connectivity index (χ3v) is 4.68. The molecule has 0 aliphatic carbocycles. The molecule has 4 nitrogen and oxygen atoms in total. The zero-order valence-corrected chi connectivity index (χ0v) is 15.1. The van der Waals surface area contributed by atoms with E-state index in [1.54, 1.807) is 14.2 Å². The molecule has 26 heavy (non-hydrogen) atoms. The van der Waals surface area contributed by atoms with Crippen LogP contribution in [-0.2, 0) is 7.05 Å². The van der Waals surface area contributed by atoms with E-state index >= 15 is 0 Å². The molecule has 3 aromatic carbocycles. The van der Waals surface area contributed by atoms with Crippen LogP contribution in [0, 0.1) is 0 Å². The van der Waals surface area contributed by atoms with E-state index in [1.165, 1.54) is 5.39 Å². The van der Waals surface area contributed by atoms with Crippen LogP contribution in [0.3, 0.4) is 0 Å². The molecule has 0 amide bonds. The van der Waals surface area contributed by atoms with Crippen LogP contribution in [0.5, 0.6) is 11.5 Å². The van der Waals surface area contributed by atoms with Gasteiger partial charge < -0.3 is 14.0 Å². The predicted octanol–water partition coefficient (Wildman–Crippen LogP) is 4.92. The molecular weight excluding hydrogens is 324 g/mol. The van der Waals surface area contributed by atoms with Crippen LogP contribution in [0.4, 0.5) is 0 Å². The largest absolute Gasteiger partial charge is 0.497 e. The van der Waals surface area contributed by atoms with Gasteiger partial charge in [0.25, 0.3) is 0 Å². The first-order valence-electron chi connectivity index (χ1n) is 8.44. The number of para-hydroxylation sites is 1. The first kappa shape index (κ1) is 16.2. The second-order valence-corrected chi connectivity index (χ2v) is 6.15. The summed E-state index contributed by atoms with van der Waals surface area (Å²) in [6, 6.07) is 20.4. The summed E-state index contributed by atoms with van der Waals surface area (Å²) in [5.74, 6) is 2.56. The van der Waals surface area contributed by atoms with Gasteiger partial charge in [0.15, 0.2) is 0 Å². The molecule has 4 heteroatoms. The third kappa shape index (κ3) is 2.69. The molecule has 0 aliphatic rings. The fourth-order valence-corrected chi connectivity index (χ4v) is 3.27. The van der Waals surface area contributed by atoms with Gasteiger partial charge >= 0.3 is 0 Å². The summed E-state index contributed by atoms with van der Waals surface area (Å²) >= 11 is 0. The summed E-state index contributed by atoms with van der Waals surface area (Å²) < 4.78 is 12.9. The second-order valence-electron chi connectivity index (χ2n) is 6.15. The molecule has 4 rings (SSSR count). The zero-order chi connectivity index (χ0) is 18.1. The predicted molar refractivity (Wildman–Crippen MR) is 105 cm³/mol. The Bertz CT molecular complexity index is 1080. The van der Waals surface area contributed by atoms with Crippen molar-refractivity contribution in [2.75, 3.05) is 14.2 Å². The van der Waals surface area contributed by atoms with Crippen molar-refractivity contribution in [2.24, 2.45) is 7.05 Å². The number of nitrogens with zero attached hydrogens (tertiary/aromatic N) is 2. The number of aromatic nitrogens is 2. The van der Waals surface area contributed by atoms with E-state index in [9.17, 15) is 0 Å². The average molecular weight is 344 g/mol. The van der Waals surface area contributed by atoms with Crippen LogP contribution < -0.4 is 9.47 Å². The monoisotopic (exact) mass is 344 g/mol. The van der Waals surface area contributed by atoms with Crippen LogP contribution in [-0.4, -0.2) is 23.8 Å². The summed E-state index contributed by atoms with van der Waals surface area (Å²) in [7, 11) is 5.40. The van der Waals surface area contributed by atoms with Crippen molar-refractivity contribution in [3.63, 3.8) is 0 Å². The molecule has 130 valence electrons. The maximum absolute atomic E-state index is 5.48. The summed E-state index contributed by atoms with van der Waals surface area (Å²) in [6.07, 6.45) is 1.91. The van der Waals surface area contributed by atoms with E-state index in [2.05, 4.69) is 33.8 Å². The molecule has 0 saturated carbocycles. The number of ether oxygens (including phenoxy) is 2. The maximum atomic E-state index is 5.48. The highest BCUT2D eigenvalue weighted by Gasteiger charge is 2.14. The minimum atomic E-state index is 0.818. The van der Waals surface area contributed by atoms with Crippen molar-refractivity contribution in [3.05, 3.63) is 66.9 Å². The van der Waals surface area contributed by atoms with Gasteiger partial charge in [-0.25, -0.2) is 4.98 Å². The van der Waals surface area contributed by atoms with Crippen molar-refractivity contribution >= 4 is 10.8 Å². The van der Waals surface area contributed by atoms with Crippen molar-refractivity contribution in [2.45, 2.75) is 0 Å². The Morgan fingerprint density at radius 3 is 2.42 bits per heavy atom. The third-order valence-electron chi connectivity index (χ3n) is 4.68. The molecule has 0 fully saturated rings. The Kier molecular flexibility index (Phi) is 4.09. The van der Waals surface area contributed by atoms with E-state index in [0.717, 1.165) is 39.5 Å². The van der Waals surface area contributed by atoms with Gasteiger partial charge in [-0.05, 0) is 41.1 Å². The number of rotatable bonds is 4. The van der Waals surface area contributed by atoms with E-state index < -0.39 is 0 Å². The van der Waals surface area contributed by atoms with E-state index in [4.69, 9.17) is 9.47 Å². The molecular formula is C22H20N2O2. The smallest absolute Gasteiger partial charge is 0.143 e. The van der Waals surface area contributed by atoms with Crippen LogP contribution in [0.2, 0.25) is 0 Å². The summed E-state index contributed by atoms with van der Waals surface area (Å²) in [4.78, 5) is 4.64. The molecule has 0 aliphatic heterocycles. The fourth-order valence-electron chi connectivity index (χ4n) is 3.27. The molecule has 0 unspecified atom stereocenters. The average Bonchev–Trinajstić information content (AvgIpc) is 3.08. The maximum Gasteiger partial charge on any atom is 0.143 e. The second kappa shape index (κ2) is 6.56. The minimum Gasteiger partial charge on any atom is -0.497 e. The Balaban J connectivity index is 1.80. The Hall–Kier alpha value is -3.27. The van der Waals surface area contributed by atoms with Gasteiger partial charge in [0.1, 0.15) is 17.3 Å². The van der Waals surface area contributed by atoms with Gasteiger partial charge in [0.2, 0.25) is 0 Å². The normalized spacial score (nSPS) is 10.9. The SMILES string of the molecule is COc1ccc2cc(-c3cnc(-c4ccccc4OC)n3C)ccc2c1. The lowest BCUT2D eigenvalue weighted by molar-refractivity contribution is 0.415. The standard InChI is InChI=1S/C22H20N2O2/c1-24-20(14-23-22(24)19-6-4-5-7-21(19)26-3)17-9-8-16-13-18(25-2)11-10-15(16)12-17/h4-14H,1-3H3. The lowest BCUT2D eigenvalue weighted by atomic mass is 10.0. The Labute approximate surface area is 152 Å². The van der Waals surface area contributed by atoms with Gasteiger partial charge in [-0.15, -0.1) is 0 Å². The molecule has 0 atom stereocenters. The highest BCUT2D eigenvalue weighted by molar-refractivity contribution is 5.88. The lowest BCUT2D eigenvalue weighted by Gasteiger charge is -2.10. The minimum absolute atomic E-state index is 0.818. The van der Waals surface area contributed by atoms with E-state index in [-0.39, 0.29) is 0 Å². The van der Waals surface area contributed by atoms with Gasteiger partial charge in [0, 0.05) is 12.6 Å². The fraction of sp³-hybridized carbons (Fsp3) is 0.136. The molecule has 0 spiro atoms. The van der Waals surface area contributed by atoms with E-state index in [1.807, 2.05) is 49.6 Å². The van der Waals surface area contributed by atoms with Crippen molar-refractivity contribution in [1.82, 2.24) is 9.55 Å². The quantitative estimate of drug-likeness (QED) is 0.527. The summed E-state index contributed by atoms with van der Waals surface area (Å²) in [5.41, 5.74) is 3.16. The number of methoxy groups -OCH3 is 2. The first-order valence-corrected chi connectivity index (χ1v) is 8.44. The number of benzene rings is 3. The first-order chi connectivity index (χ1) is 12.7. The Morgan fingerprint density at radius 2 is 1.62 bits per heavy atom. The number of fused-ring (bicyclic) bond motifs is 1. The molecule has 0 N–H and O–H groups in total. The number of imidazole rings is 1. The van der Waals surface area contributed by atoms with Crippen LogP contribution in [0.1, 0.15) is 0 Å². The van der Waals surface area contributed by atoms with Crippen molar-refractivity contribution in [3.8, 4) is 34.1 Å². The van der Waals surface area contributed by atoms with Gasteiger partial charge in [0.05, 0.1) is 31.7 Å². The van der Waals surface area contributed by atoms with Gasteiger partial charge in [-0.3, -0.25) is 0 Å². The number of hydrogen-bond donors (Lipinski definition) is 0. The zero-order valence-electron chi connectivity index (χ0n) is 15.1. The summed E-state index contributed by atoms with van der Waals surface area (Å²) in [5, 5.41) is 2.32. The van der Waals surface area contributed by atoms with Crippen LogP contribution in [0.15, 0.2) is 66.9 Å². The highest BCUT2D eigenvalue weighted by atomic mass is 16.5. The lowest BCUT2D eigenvalue weighted by Crippen LogP contribution is -1.97. The van der Waals surface area contributed by atoms with Crippen LogP contribution >= 0.6 is 0 Å². The molecule has 1 heterocycles. The van der Waals surface area contributed by atoms with Gasteiger partial charge in [-0.1, -0.05) is 30.3 Å². The molecule has 0 saturated heterocycles. The van der Waals surface area contributed by atoms with Crippen LogP contribution in [0.25, 0.3) is 33.4 Å². The summed E-state index contributed by atoms with van der Waals surface area (Å²) in [6.45, 7) is 0. The molecule has 0 radical (unpaired) electrons. The van der Waals surface area contributed by atoms with Gasteiger partial charge in [-0.2, -0.15) is 0 Å². The molecule has 0 bridgehead atoms.